The van der Waals surface area contributed by atoms with Crippen molar-refractivity contribution in [3.05, 3.63) is 0 Å². The van der Waals surface area contributed by atoms with E-state index < -0.39 is 0 Å². The van der Waals surface area contributed by atoms with Gasteiger partial charge in [0.2, 0.25) is 0 Å². The van der Waals surface area contributed by atoms with Crippen molar-refractivity contribution in [2.75, 3.05) is 32.8 Å². The van der Waals surface area contributed by atoms with Crippen LogP contribution in [0.2, 0.25) is 0 Å². The Hall–Kier alpha value is -0.120. The van der Waals surface area contributed by atoms with Crippen molar-refractivity contribution >= 4 is 0 Å². The third kappa shape index (κ3) is 2.69. The van der Waals surface area contributed by atoms with Crippen LogP contribution in [0.25, 0.3) is 0 Å². The minimum Gasteiger partial charge on any atom is -0.379 e. The molecule has 3 heteroatoms. The molecule has 0 saturated carbocycles. The van der Waals surface area contributed by atoms with E-state index >= 15 is 0 Å². The van der Waals surface area contributed by atoms with Crippen LogP contribution in [-0.2, 0) is 4.74 Å². The van der Waals surface area contributed by atoms with E-state index in [1.54, 1.807) is 0 Å². The molecule has 1 heterocycles. The van der Waals surface area contributed by atoms with Gasteiger partial charge >= 0.3 is 0 Å². The van der Waals surface area contributed by atoms with E-state index in [2.05, 4.69) is 37.9 Å². The normalized spacial score (nSPS) is 22.3. The smallest absolute Gasteiger partial charge is 0.0594 e. The quantitative estimate of drug-likeness (QED) is 0.735. The van der Waals surface area contributed by atoms with Gasteiger partial charge in [0.1, 0.15) is 0 Å². The Kier molecular flexibility index (Phi) is 4.35. The third-order valence-corrected chi connectivity index (χ3v) is 3.40. The zero-order valence-electron chi connectivity index (χ0n) is 9.97. The molecule has 1 unspecified atom stereocenters. The highest BCUT2D eigenvalue weighted by molar-refractivity contribution is 4.91. The van der Waals surface area contributed by atoms with Crippen LogP contribution in [0, 0.1) is 0 Å². The fourth-order valence-corrected chi connectivity index (χ4v) is 1.97. The summed E-state index contributed by atoms with van der Waals surface area (Å²) >= 11 is 0. The summed E-state index contributed by atoms with van der Waals surface area (Å²) in [4.78, 5) is 2.52. The molecule has 1 aliphatic rings. The first-order valence-electron chi connectivity index (χ1n) is 5.65. The molecule has 84 valence electrons. The SMILES string of the molecule is CCNC(C)C(C)(C)N1CCOCC1. The lowest BCUT2D eigenvalue weighted by Gasteiger charge is -2.44. The lowest BCUT2D eigenvalue weighted by molar-refractivity contribution is -0.0208. The highest BCUT2D eigenvalue weighted by Crippen LogP contribution is 2.20. The summed E-state index contributed by atoms with van der Waals surface area (Å²) in [5.41, 5.74) is 0.222. The van der Waals surface area contributed by atoms with E-state index in [0.29, 0.717) is 6.04 Å². The van der Waals surface area contributed by atoms with Gasteiger partial charge in [0, 0.05) is 24.7 Å². The number of morpholine rings is 1. The Morgan fingerprint density at radius 1 is 1.36 bits per heavy atom. The second-order valence-electron chi connectivity index (χ2n) is 4.53. The van der Waals surface area contributed by atoms with Gasteiger partial charge in [0.15, 0.2) is 0 Å². The second kappa shape index (κ2) is 5.10. The van der Waals surface area contributed by atoms with Gasteiger partial charge in [-0.25, -0.2) is 0 Å². The number of rotatable bonds is 4. The fraction of sp³-hybridized carbons (Fsp3) is 1.00. The third-order valence-electron chi connectivity index (χ3n) is 3.40. The van der Waals surface area contributed by atoms with Crippen LogP contribution in [0.4, 0.5) is 0 Å². The van der Waals surface area contributed by atoms with Gasteiger partial charge in [0.25, 0.3) is 0 Å². The molecular weight excluding hydrogens is 176 g/mol. The molecule has 0 bridgehead atoms. The van der Waals surface area contributed by atoms with Crippen LogP contribution in [0.5, 0.6) is 0 Å². The van der Waals surface area contributed by atoms with E-state index in [9.17, 15) is 0 Å². The molecule has 1 fully saturated rings. The zero-order chi connectivity index (χ0) is 10.6. The van der Waals surface area contributed by atoms with Crippen LogP contribution in [0.1, 0.15) is 27.7 Å². The highest BCUT2D eigenvalue weighted by Gasteiger charge is 2.32. The first-order chi connectivity index (χ1) is 6.59. The standard InChI is InChI=1S/C11H24N2O/c1-5-12-10(2)11(3,4)13-6-8-14-9-7-13/h10,12H,5-9H2,1-4H3. The summed E-state index contributed by atoms with van der Waals surface area (Å²) in [5.74, 6) is 0. The first kappa shape index (κ1) is 12.0. The molecule has 3 nitrogen and oxygen atoms in total. The fourth-order valence-electron chi connectivity index (χ4n) is 1.97. The first-order valence-corrected chi connectivity index (χ1v) is 5.65. The van der Waals surface area contributed by atoms with Crippen molar-refractivity contribution in [3.63, 3.8) is 0 Å². The van der Waals surface area contributed by atoms with Gasteiger partial charge in [-0.1, -0.05) is 6.92 Å². The Labute approximate surface area is 87.8 Å². The molecule has 1 N–H and O–H groups in total. The van der Waals surface area contributed by atoms with E-state index in [-0.39, 0.29) is 5.54 Å². The number of nitrogens with one attached hydrogen (secondary N) is 1. The molecule has 1 saturated heterocycles. The molecule has 0 aliphatic carbocycles. The predicted octanol–water partition coefficient (Wildman–Crippen LogP) is 1.10. The molecule has 0 radical (unpaired) electrons. The largest absolute Gasteiger partial charge is 0.379 e. The molecule has 0 aromatic rings. The van der Waals surface area contributed by atoms with Gasteiger partial charge in [-0.05, 0) is 27.3 Å². The average molecular weight is 200 g/mol. The van der Waals surface area contributed by atoms with Gasteiger partial charge in [-0.2, -0.15) is 0 Å². The Morgan fingerprint density at radius 3 is 2.43 bits per heavy atom. The van der Waals surface area contributed by atoms with E-state index in [1.165, 1.54) is 0 Å². The Morgan fingerprint density at radius 2 is 1.93 bits per heavy atom. The van der Waals surface area contributed by atoms with Crippen molar-refractivity contribution in [1.82, 2.24) is 10.2 Å². The number of hydrogen-bond acceptors (Lipinski definition) is 3. The molecular formula is C11H24N2O. The lowest BCUT2D eigenvalue weighted by Crippen LogP contribution is -2.59. The maximum Gasteiger partial charge on any atom is 0.0594 e. The molecule has 0 aromatic carbocycles. The number of likely N-dealkylation sites (N-methyl/N-ethyl adjacent to an activating group) is 1. The van der Waals surface area contributed by atoms with Gasteiger partial charge in [0.05, 0.1) is 13.2 Å². The van der Waals surface area contributed by atoms with Crippen molar-refractivity contribution < 1.29 is 4.74 Å². The van der Waals surface area contributed by atoms with Gasteiger partial charge < -0.3 is 10.1 Å². The van der Waals surface area contributed by atoms with E-state index in [1.807, 2.05) is 0 Å². The maximum absolute atomic E-state index is 5.37. The van der Waals surface area contributed by atoms with Crippen molar-refractivity contribution in [3.8, 4) is 0 Å². The van der Waals surface area contributed by atoms with Gasteiger partial charge in [-0.3, -0.25) is 4.90 Å². The summed E-state index contributed by atoms with van der Waals surface area (Å²) in [6.07, 6.45) is 0. The Balaban J connectivity index is 2.52. The monoisotopic (exact) mass is 200 g/mol. The summed E-state index contributed by atoms with van der Waals surface area (Å²) in [6.45, 7) is 14.0. The van der Waals surface area contributed by atoms with Crippen LogP contribution in [0.3, 0.4) is 0 Å². The molecule has 0 spiro atoms. The summed E-state index contributed by atoms with van der Waals surface area (Å²) < 4.78 is 5.37. The average Bonchev–Trinajstić information content (AvgIpc) is 2.19. The molecule has 1 atom stereocenters. The zero-order valence-corrected chi connectivity index (χ0v) is 9.97. The molecule has 1 rings (SSSR count). The topological polar surface area (TPSA) is 24.5 Å². The maximum atomic E-state index is 5.37. The van der Waals surface area contributed by atoms with Crippen molar-refractivity contribution in [2.45, 2.75) is 39.3 Å². The molecule has 0 aromatic heterocycles. The van der Waals surface area contributed by atoms with Crippen LogP contribution in [-0.4, -0.2) is 49.3 Å². The van der Waals surface area contributed by atoms with E-state index in [0.717, 1.165) is 32.8 Å². The van der Waals surface area contributed by atoms with Crippen molar-refractivity contribution in [2.24, 2.45) is 0 Å². The van der Waals surface area contributed by atoms with Crippen LogP contribution < -0.4 is 5.32 Å². The summed E-state index contributed by atoms with van der Waals surface area (Å²) in [7, 11) is 0. The number of hydrogen-bond donors (Lipinski definition) is 1. The van der Waals surface area contributed by atoms with E-state index in [4.69, 9.17) is 4.74 Å². The molecule has 1 aliphatic heterocycles. The van der Waals surface area contributed by atoms with Gasteiger partial charge in [-0.15, -0.1) is 0 Å². The molecule has 0 amide bonds. The minimum absolute atomic E-state index is 0.222. The molecule has 14 heavy (non-hydrogen) atoms. The summed E-state index contributed by atoms with van der Waals surface area (Å²) in [6, 6.07) is 0.519. The highest BCUT2D eigenvalue weighted by atomic mass is 16.5. The van der Waals surface area contributed by atoms with Crippen molar-refractivity contribution in [1.29, 1.82) is 0 Å². The second-order valence-corrected chi connectivity index (χ2v) is 4.53. The van der Waals surface area contributed by atoms with Crippen LogP contribution >= 0.6 is 0 Å². The number of nitrogens with zero attached hydrogens (tertiary/aromatic N) is 1. The summed E-state index contributed by atoms with van der Waals surface area (Å²) in [5, 5.41) is 3.50. The Bertz CT molecular complexity index is 165. The lowest BCUT2D eigenvalue weighted by atomic mass is 9.93. The number of ether oxygens (including phenoxy) is 1. The van der Waals surface area contributed by atoms with Crippen LogP contribution in [0.15, 0.2) is 0 Å². The minimum atomic E-state index is 0.222. The predicted molar refractivity (Wildman–Crippen MR) is 59.6 cm³/mol.